The molecule has 3 aromatic carbocycles. The first-order chi connectivity index (χ1) is 16.0. The molecule has 4 aromatic rings. The highest BCUT2D eigenvalue weighted by atomic mass is 16.5. The number of nitrogens with one attached hydrogen (secondary N) is 1. The number of aliphatic carboxylic acids is 1. The molecule has 0 saturated heterocycles. The van der Waals surface area contributed by atoms with Crippen molar-refractivity contribution >= 4 is 22.8 Å². The van der Waals surface area contributed by atoms with Crippen molar-refractivity contribution in [1.29, 1.82) is 0 Å². The van der Waals surface area contributed by atoms with Crippen molar-refractivity contribution in [3.05, 3.63) is 101 Å². The van der Waals surface area contributed by atoms with Gasteiger partial charge in [-0.2, -0.15) is 0 Å². The van der Waals surface area contributed by atoms with Gasteiger partial charge in [0.25, 0.3) is 5.91 Å². The van der Waals surface area contributed by atoms with Crippen LogP contribution < -0.4 is 15.7 Å². The molecule has 4 rings (SSSR count). The van der Waals surface area contributed by atoms with E-state index in [1.807, 2.05) is 36.4 Å². The van der Waals surface area contributed by atoms with Crippen LogP contribution in [0.1, 0.15) is 5.56 Å². The Balaban J connectivity index is 1.46. The van der Waals surface area contributed by atoms with E-state index < -0.39 is 23.5 Å². The average molecular weight is 443 g/mol. The summed E-state index contributed by atoms with van der Waals surface area (Å²) >= 11 is 0. The Hall–Kier alpha value is -4.39. The lowest BCUT2D eigenvalue weighted by atomic mass is 10.0. The quantitative estimate of drug-likeness (QED) is 0.403. The van der Waals surface area contributed by atoms with Crippen LogP contribution in [-0.4, -0.2) is 29.6 Å². The second-order valence-corrected chi connectivity index (χ2v) is 7.44. The Morgan fingerprint density at radius 3 is 2.33 bits per heavy atom. The largest absolute Gasteiger partial charge is 0.484 e. The first-order valence-corrected chi connectivity index (χ1v) is 10.3. The predicted octanol–water partition coefficient (Wildman–Crippen LogP) is 3.65. The number of fused-ring (bicyclic) bond motifs is 1. The van der Waals surface area contributed by atoms with Crippen molar-refractivity contribution in [1.82, 2.24) is 5.32 Å². The Bertz CT molecular complexity index is 1330. The van der Waals surface area contributed by atoms with Crippen molar-refractivity contribution in [2.24, 2.45) is 0 Å². The third-order valence-corrected chi connectivity index (χ3v) is 5.09. The molecule has 0 aliphatic carbocycles. The minimum atomic E-state index is -1.13. The van der Waals surface area contributed by atoms with Crippen LogP contribution in [0.4, 0.5) is 0 Å². The fourth-order valence-electron chi connectivity index (χ4n) is 3.52. The van der Waals surface area contributed by atoms with E-state index in [1.54, 1.807) is 36.4 Å². The van der Waals surface area contributed by atoms with Crippen LogP contribution in [0.25, 0.3) is 22.1 Å². The van der Waals surface area contributed by atoms with Crippen LogP contribution >= 0.6 is 0 Å². The molecule has 0 fully saturated rings. The van der Waals surface area contributed by atoms with Crippen molar-refractivity contribution in [2.45, 2.75) is 12.5 Å². The first kappa shape index (κ1) is 21.8. The number of rotatable bonds is 8. The zero-order valence-electron chi connectivity index (χ0n) is 17.6. The van der Waals surface area contributed by atoms with E-state index in [0.29, 0.717) is 11.3 Å². The van der Waals surface area contributed by atoms with Crippen LogP contribution in [0, 0.1) is 0 Å². The number of hydrogen-bond donors (Lipinski definition) is 2. The molecule has 166 valence electrons. The Morgan fingerprint density at radius 1 is 0.939 bits per heavy atom. The van der Waals surface area contributed by atoms with Gasteiger partial charge in [0.2, 0.25) is 0 Å². The van der Waals surface area contributed by atoms with Gasteiger partial charge in [-0.25, -0.2) is 9.59 Å². The molecule has 0 unspecified atom stereocenters. The highest BCUT2D eigenvalue weighted by Crippen LogP contribution is 2.29. The van der Waals surface area contributed by atoms with Crippen molar-refractivity contribution in [3.63, 3.8) is 0 Å². The molecule has 0 radical (unpaired) electrons. The fraction of sp³-hybridized carbons (Fsp3) is 0.115. The molecule has 1 atom stereocenters. The fourth-order valence-corrected chi connectivity index (χ4v) is 3.52. The lowest BCUT2D eigenvalue weighted by Gasteiger charge is -2.15. The maximum absolute atomic E-state index is 12.3. The topological polar surface area (TPSA) is 106 Å². The summed E-state index contributed by atoms with van der Waals surface area (Å²) in [5, 5.41) is 12.6. The van der Waals surface area contributed by atoms with E-state index in [-0.39, 0.29) is 13.0 Å². The SMILES string of the molecule is O=C(COc1ccc2c(-c3ccccc3)cc(=O)oc2c1)N[C@@H](Cc1ccccc1)C(=O)O. The maximum atomic E-state index is 12.3. The van der Waals surface area contributed by atoms with Gasteiger partial charge in [-0.3, -0.25) is 4.79 Å². The molecule has 1 amide bonds. The van der Waals surface area contributed by atoms with E-state index in [4.69, 9.17) is 9.15 Å². The molecule has 0 bridgehead atoms. The smallest absolute Gasteiger partial charge is 0.336 e. The predicted molar refractivity (Wildman–Crippen MR) is 123 cm³/mol. The molecule has 7 nitrogen and oxygen atoms in total. The Labute approximate surface area is 189 Å². The zero-order chi connectivity index (χ0) is 23.2. The van der Waals surface area contributed by atoms with Gasteiger partial charge in [0.1, 0.15) is 17.4 Å². The minimum Gasteiger partial charge on any atom is -0.484 e. The molecule has 0 aliphatic heterocycles. The van der Waals surface area contributed by atoms with Crippen LogP contribution in [0.3, 0.4) is 0 Å². The molecule has 7 heteroatoms. The van der Waals surface area contributed by atoms with Gasteiger partial charge in [-0.05, 0) is 28.8 Å². The van der Waals surface area contributed by atoms with E-state index in [9.17, 15) is 19.5 Å². The van der Waals surface area contributed by atoms with E-state index in [1.165, 1.54) is 12.1 Å². The Kier molecular flexibility index (Phi) is 6.50. The number of amides is 1. The molecule has 1 heterocycles. The molecular weight excluding hydrogens is 422 g/mol. The standard InChI is InChI=1S/C26H21NO6/c28-24(27-22(26(30)31)13-17-7-3-1-4-8-17)16-32-19-11-12-20-21(18-9-5-2-6-10-18)15-25(29)33-23(20)14-19/h1-12,14-15,22H,13,16H2,(H,27,28)(H,30,31)/t22-/m0/s1. The second kappa shape index (κ2) is 9.82. The molecule has 1 aromatic heterocycles. The van der Waals surface area contributed by atoms with Gasteiger partial charge in [-0.15, -0.1) is 0 Å². The number of carboxylic acid groups (broad SMARTS) is 1. The maximum Gasteiger partial charge on any atom is 0.336 e. The van der Waals surface area contributed by atoms with Gasteiger partial charge >= 0.3 is 11.6 Å². The van der Waals surface area contributed by atoms with Gasteiger partial charge in [-0.1, -0.05) is 60.7 Å². The third kappa shape index (κ3) is 5.46. The molecule has 0 spiro atoms. The summed E-state index contributed by atoms with van der Waals surface area (Å²) in [6.45, 7) is -0.382. The molecule has 2 N–H and O–H groups in total. The lowest BCUT2D eigenvalue weighted by Crippen LogP contribution is -2.44. The highest BCUT2D eigenvalue weighted by Gasteiger charge is 2.20. The van der Waals surface area contributed by atoms with Crippen LogP contribution in [-0.2, 0) is 16.0 Å². The van der Waals surface area contributed by atoms with Crippen molar-refractivity contribution in [2.75, 3.05) is 6.61 Å². The summed E-state index contributed by atoms with van der Waals surface area (Å²) in [6, 6.07) is 23.8. The highest BCUT2D eigenvalue weighted by molar-refractivity contribution is 5.93. The van der Waals surface area contributed by atoms with Crippen LogP contribution in [0.15, 0.2) is 94.1 Å². The molecule has 33 heavy (non-hydrogen) atoms. The summed E-state index contributed by atoms with van der Waals surface area (Å²) in [5.41, 5.74) is 2.23. The van der Waals surface area contributed by atoms with E-state index >= 15 is 0 Å². The first-order valence-electron chi connectivity index (χ1n) is 10.3. The van der Waals surface area contributed by atoms with Crippen molar-refractivity contribution in [3.8, 4) is 16.9 Å². The number of carbonyl (C=O) groups excluding carboxylic acids is 1. The number of carbonyl (C=O) groups is 2. The average Bonchev–Trinajstić information content (AvgIpc) is 2.82. The number of benzene rings is 3. The van der Waals surface area contributed by atoms with Crippen molar-refractivity contribution < 1.29 is 23.8 Å². The molecule has 0 saturated carbocycles. The van der Waals surface area contributed by atoms with Gasteiger partial charge in [0.15, 0.2) is 6.61 Å². The summed E-state index contributed by atoms with van der Waals surface area (Å²) in [6.07, 6.45) is 0.158. The number of ether oxygens (including phenoxy) is 1. The summed E-state index contributed by atoms with van der Waals surface area (Å²) in [7, 11) is 0. The Morgan fingerprint density at radius 2 is 1.64 bits per heavy atom. The van der Waals surface area contributed by atoms with Gasteiger partial charge in [0, 0.05) is 23.9 Å². The van der Waals surface area contributed by atoms with Gasteiger partial charge < -0.3 is 19.6 Å². The second-order valence-electron chi connectivity index (χ2n) is 7.44. The van der Waals surface area contributed by atoms with E-state index in [2.05, 4.69) is 5.32 Å². The molecule has 0 aliphatic rings. The van der Waals surface area contributed by atoms with Crippen LogP contribution in [0.2, 0.25) is 0 Å². The zero-order valence-corrected chi connectivity index (χ0v) is 17.6. The summed E-state index contributed by atoms with van der Waals surface area (Å²) in [5.74, 6) is -1.38. The molecular formula is C26H21NO6. The summed E-state index contributed by atoms with van der Waals surface area (Å²) < 4.78 is 10.8. The number of carboxylic acids is 1. The van der Waals surface area contributed by atoms with Crippen LogP contribution in [0.5, 0.6) is 5.75 Å². The third-order valence-electron chi connectivity index (χ3n) is 5.09. The normalized spacial score (nSPS) is 11.6. The summed E-state index contributed by atoms with van der Waals surface area (Å²) in [4.78, 5) is 35.9. The van der Waals surface area contributed by atoms with Gasteiger partial charge in [0.05, 0.1) is 0 Å². The lowest BCUT2D eigenvalue weighted by molar-refractivity contribution is -0.142. The monoisotopic (exact) mass is 443 g/mol. The van der Waals surface area contributed by atoms with E-state index in [0.717, 1.165) is 22.1 Å². The number of hydrogen-bond acceptors (Lipinski definition) is 5. The minimum absolute atomic E-state index is 0.158.